The Hall–Kier alpha value is -1.23. The van der Waals surface area contributed by atoms with Crippen LogP contribution in [0.1, 0.15) is 10.4 Å². The zero-order valence-electron chi connectivity index (χ0n) is 6.99. The molecule has 1 aromatic heterocycles. The van der Waals surface area contributed by atoms with Crippen molar-refractivity contribution < 1.29 is 4.79 Å². The average Bonchev–Trinajstić information content (AvgIpc) is 2.15. The topological polar surface area (TPSA) is 68.0 Å². The third kappa shape index (κ3) is 2.62. The quantitative estimate of drug-likeness (QED) is 0.743. The fourth-order valence-corrected chi connectivity index (χ4v) is 0.971. The van der Waals surface area contributed by atoms with Gasteiger partial charge >= 0.3 is 0 Å². The molecule has 0 aromatic carbocycles. The predicted molar refractivity (Wildman–Crippen MR) is 53.4 cm³/mol. The van der Waals surface area contributed by atoms with Gasteiger partial charge in [-0.15, -0.1) is 0 Å². The minimum Gasteiger partial charge on any atom is -0.383 e. The number of carbonyl (C=O) groups excluding carboxylic acids is 1. The number of carbonyl (C=O) groups is 1. The first-order chi connectivity index (χ1) is 6.25. The molecule has 1 aromatic rings. The Morgan fingerprint density at radius 3 is 3.08 bits per heavy atom. The molecular formula is C8H10N3OS. The number of nitrogens with two attached hydrogens (primary N) is 1. The fourth-order valence-electron chi connectivity index (χ4n) is 0.869. The molecule has 1 rings (SSSR count). The number of aromatic nitrogens is 1. The number of nitrogen functional groups attached to an aromatic ring is 1. The molecular weight excluding hydrogens is 186 g/mol. The number of amides is 1. The maximum Gasteiger partial charge on any atom is 0.255 e. The molecule has 0 spiro atoms. The largest absolute Gasteiger partial charge is 0.383 e. The molecule has 4 nitrogen and oxygen atoms in total. The molecule has 1 radical (unpaired) electrons. The first-order valence-electron chi connectivity index (χ1n) is 3.82. The van der Waals surface area contributed by atoms with Gasteiger partial charge in [-0.25, -0.2) is 4.98 Å². The van der Waals surface area contributed by atoms with E-state index in [1.165, 1.54) is 0 Å². The number of hydrogen-bond donors (Lipinski definition) is 2. The monoisotopic (exact) mass is 196 g/mol. The number of nitrogens with zero attached hydrogens (tertiary/aromatic N) is 1. The zero-order valence-corrected chi connectivity index (χ0v) is 7.80. The lowest BCUT2D eigenvalue weighted by molar-refractivity contribution is 0.0957. The maximum atomic E-state index is 11.3. The summed E-state index contributed by atoms with van der Waals surface area (Å²) in [7, 11) is 0. The molecule has 0 atom stereocenters. The molecule has 0 saturated carbocycles. The summed E-state index contributed by atoms with van der Waals surface area (Å²) >= 11 is 4.69. The zero-order chi connectivity index (χ0) is 9.68. The lowest BCUT2D eigenvalue weighted by Gasteiger charge is -2.04. The number of nitrogens with one attached hydrogen (secondary N) is 1. The van der Waals surface area contributed by atoms with E-state index in [0.717, 1.165) is 0 Å². The predicted octanol–water partition coefficient (Wildman–Crippen LogP) is 0.591. The number of hydrogen-bond acceptors (Lipinski definition) is 3. The first-order valence-corrected chi connectivity index (χ1v) is 4.40. The van der Waals surface area contributed by atoms with Crippen LogP contribution in [0.2, 0.25) is 0 Å². The summed E-state index contributed by atoms with van der Waals surface area (Å²) in [6, 6.07) is 3.29. The van der Waals surface area contributed by atoms with Crippen LogP contribution in [0.15, 0.2) is 18.3 Å². The molecule has 69 valence electrons. The van der Waals surface area contributed by atoms with E-state index in [0.29, 0.717) is 17.9 Å². The highest BCUT2D eigenvalue weighted by atomic mass is 32.1. The van der Waals surface area contributed by atoms with Gasteiger partial charge < -0.3 is 11.1 Å². The Morgan fingerprint density at radius 1 is 1.69 bits per heavy atom. The molecule has 5 heteroatoms. The van der Waals surface area contributed by atoms with Crippen LogP contribution < -0.4 is 11.1 Å². The average molecular weight is 196 g/mol. The van der Waals surface area contributed by atoms with E-state index >= 15 is 0 Å². The van der Waals surface area contributed by atoms with Crippen molar-refractivity contribution in [3.05, 3.63) is 23.9 Å². The van der Waals surface area contributed by atoms with Crippen LogP contribution in [-0.4, -0.2) is 23.2 Å². The van der Waals surface area contributed by atoms with E-state index in [-0.39, 0.29) is 11.7 Å². The van der Waals surface area contributed by atoms with Crippen LogP contribution in [0, 0.1) is 0 Å². The molecule has 0 fully saturated rings. The van der Waals surface area contributed by atoms with Crippen molar-refractivity contribution in [2.45, 2.75) is 0 Å². The smallest absolute Gasteiger partial charge is 0.255 e. The van der Waals surface area contributed by atoms with E-state index in [2.05, 4.69) is 10.3 Å². The third-order valence-electron chi connectivity index (χ3n) is 1.47. The number of pyridine rings is 1. The Balaban J connectivity index is 2.71. The molecule has 0 bridgehead atoms. The molecule has 3 N–H and O–H groups in total. The minimum atomic E-state index is -0.226. The van der Waals surface area contributed by atoms with Gasteiger partial charge in [0.1, 0.15) is 5.82 Å². The molecule has 0 aliphatic heterocycles. The highest BCUT2D eigenvalue weighted by Gasteiger charge is 2.07. The minimum absolute atomic E-state index is 0.226. The van der Waals surface area contributed by atoms with E-state index in [1.54, 1.807) is 18.3 Å². The summed E-state index contributed by atoms with van der Waals surface area (Å²) in [5.74, 6) is 0.506. The van der Waals surface area contributed by atoms with Gasteiger partial charge in [-0.3, -0.25) is 4.79 Å². The van der Waals surface area contributed by atoms with Gasteiger partial charge in [-0.2, -0.15) is 0 Å². The van der Waals surface area contributed by atoms with Gasteiger partial charge in [0.25, 0.3) is 5.91 Å². The molecule has 1 amide bonds. The van der Waals surface area contributed by atoms with E-state index in [9.17, 15) is 4.79 Å². The fraction of sp³-hybridized carbons (Fsp3) is 0.250. The number of rotatable bonds is 3. The van der Waals surface area contributed by atoms with Gasteiger partial charge in [-0.1, -0.05) is 12.6 Å². The highest BCUT2D eigenvalue weighted by Crippen LogP contribution is 2.05. The van der Waals surface area contributed by atoms with Crippen molar-refractivity contribution in [2.75, 3.05) is 18.0 Å². The van der Waals surface area contributed by atoms with Crippen molar-refractivity contribution in [1.29, 1.82) is 0 Å². The van der Waals surface area contributed by atoms with Gasteiger partial charge in [0.2, 0.25) is 0 Å². The van der Waals surface area contributed by atoms with Crippen molar-refractivity contribution in [3.63, 3.8) is 0 Å². The number of anilines is 1. The van der Waals surface area contributed by atoms with Gasteiger partial charge in [0, 0.05) is 18.5 Å². The molecule has 0 saturated heterocycles. The molecule has 1 heterocycles. The molecule has 0 aliphatic carbocycles. The summed E-state index contributed by atoms with van der Waals surface area (Å²) < 4.78 is 0. The molecule has 0 aliphatic rings. The second-order valence-electron chi connectivity index (χ2n) is 2.40. The standard InChI is InChI=1S/C8H10N3OS/c9-7-6(2-1-3-10-7)8(12)11-4-5-13/h1-3H,4-5H2,(H2,9,10)(H,11,12). The molecule has 13 heavy (non-hydrogen) atoms. The second kappa shape index (κ2) is 4.71. The molecule has 0 unspecified atom stereocenters. The van der Waals surface area contributed by atoms with Crippen LogP contribution in [0.5, 0.6) is 0 Å². The first kappa shape index (κ1) is 9.85. The lowest BCUT2D eigenvalue weighted by atomic mass is 10.2. The third-order valence-corrected chi connectivity index (χ3v) is 1.67. The summed E-state index contributed by atoms with van der Waals surface area (Å²) in [5, 5.41) is 2.63. The van der Waals surface area contributed by atoms with Crippen LogP contribution in [0.3, 0.4) is 0 Å². The lowest BCUT2D eigenvalue weighted by Crippen LogP contribution is -2.26. The van der Waals surface area contributed by atoms with E-state index < -0.39 is 0 Å². The van der Waals surface area contributed by atoms with Crippen LogP contribution in [0.4, 0.5) is 5.82 Å². The van der Waals surface area contributed by atoms with Crippen LogP contribution in [-0.2, 0) is 0 Å². The Morgan fingerprint density at radius 2 is 2.46 bits per heavy atom. The van der Waals surface area contributed by atoms with Gasteiger partial charge in [-0.05, 0) is 12.1 Å². The Bertz CT molecular complexity index is 303. The summed E-state index contributed by atoms with van der Waals surface area (Å²) in [6.07, 6.45) is 1.54. The van der Waals surface area contributed by atoms with Crippen molar-refractivity contribution >= 4 is 24.4 Å². The maximum absolute atomic E-state index is 11.3. The van der Waals surface area contributed by atoms with Crippen molar-refractivity contribution in [2.24, 2.45) is 0 Å². The van der Waals surface area contributed by atoms with Crippen molar-refractivity contribution in [3.8, 4) is 0 Å². The Kier molecular flexibility index (Phi) is 3.57. The SMILES string of the molecule is Nc1ncccc1C(=O)NCC[S]. The highest BCUT2D eigenvalue weighted by molar-refractivity contribution is 7.80. The summed E-state index contributed by atoms with van der Waals surface area (Å²) in [4.78, 5) is 15.1. The van der Waals surface area contributed by atoms with Gasteiger partial charge in [0.15, 0.2) is 0 Å². The Labute approximate surface area is 82.0 Å². The van der Waals surface area contributed by atoms with E-state index in [4.69, 9.17) is 18.4 Å². The van der Waals surface area contributed by atoms with Crippen molar-refractivity contribution in [1.82, 2.24) is 10.3 Å². The van der Waals surface area contributed by atoms with E-state index in [1.807, 2.05) is 0 Å². The summed E-state index contributed by atoms with van der Waals surface area (Å²) in [5.41, 5.74) is 5.89. The summed E-state index contributed by atoms with van der Waals surface area (Å²) in [6.45, 7) is 0.475. The van der Waals surface area contributed by atoms with Gasteiger partial charge in [0.05, 0.1) is 5.56 Å². The second-order valence-corrected chi connectivity index (χ2v) is 2.80. The van der Waals surface area contributed by atoms with Crippen LogP contribution in [0.25, 0.3) is 0 Å². The van der Waals surface area contributed by atoms with Crippen LogP contribution >= 0.6 is 12.6 Å². The normalized spacial score (nSPS) is 9.62.